The number of carbonyl (C=O) groups is 3. The number of carbonyl (C=O) groups excluding carboxylic acids is 3. The van der Waals surface area contributed by atoms with Crippen molar-refractivity contribution < 1.29 is 19.1 Å². The van der Waals surface area contributed by atoms with Crippen LogP contribution in [0, 0.1) is 11.8 Å². The van der Waals surface area contributed by atoms with Crippen LogP contribution < -0.4 is 10.6 Å². The van der Waals surface area contributed by atoms with Crippen LogP contribution in [-0.2, 0) is 14.3 Å². The van der Waals surface area contributed by atoms with Gasteiger partial charge >= 0.3 is 0 Å². The predicted octanol–water partition coefficient (Wildman–Crippen LogP) is 2.65. The Balaban J connectivity index is 1.67. The van der Waals surface area contributed by atoms with Gasteiger partial charge in [0.05, 0.1) is 12.0 Å². The van der Waals surface area contributed by atoms with Gasteiger partial charge in [0.2, 0.25) is 11.8 Å². The summed E-state index contributed by atoms with van der Waals surface area (Å²) in [5.41, 5.74) is 7.89. The number of nitrogens with two attached hydrogens (primary N) is 1. The van der Waals surface area contributed by atoms with Gasteiger partial charge in [-0.1, -0.05) is 27.7 Å². The Morgan fingerprint density at radius 3 is 2.47 bits per heavy atom. The number of ketones is 1. The SMILES string of the molecule is CCCN1CCN(c2ccc(C(N)=O)c([C@H](CC(C)C)C(=O)N3C[C@@H](CC)[C@H]4OCC(=O)[C@H]43)c2)CC1. The largest absolute Gasteiger partial charge is 0.369 e. The van der Waals surface area contributed by atoms with Crippen molar-refractivity contribution in [2.75, 3.05) is 50.8 Å². The lowest BCUT2D eigenvalue weighted by Gasteiger charge is -2.36. The fourth-order valence-electron chi connectivity index (χ4n) is 6.18. The minimum atomic E-state index is -0.543. The second-order valence-electron chi connectivity index (χ2n) is 11.0. The molecular weight excluding hydrogens is 456 g/mol. The average molecular weight is 499 g/mol. The fraction of sp³-hybridized carbons (Fsp3) is 0.679. The average Bonchev–Trinajstić information content (AvgIpc) is 3.42. The molecule has 198 valence electrons. The van der Waals surface area contributed by atoms with E-state index in [0.717, 1.165) is 51.3 Å². The molecule has 1 aromatic rings. The number of Topliss-reactive ketones (excluding diaryl/α,β-unsaturated/α-hetero) is 1. The van der Waals surface area contributed by atoms with Gasteiger partial charge in [-0.3, -0.25) is 19.3 Å². The zero-order valence-electron chi connectivity index (χ0n) is 22.2. The number of primary amides is 1. The number of piperazine rings is 1. The second-order valence-corrected chi connectivity index (χ2v) is 11.0. The van der Waals surface area contributed by atoms with Gasteiger partial charge in [-0.25, -0.2) is 0 Å². The summed E-state index contributed by atoms with van der Waals surface area (Å²) in [5.74, 6) is -0.832. The van der Waals surface area contributed by atoms with Crippen molar-refractivity contribution in [1.29, 1.82) is 0 Å². The van der Waals surface area contributed by atoms with Crippen molar-refractivity contribution in [2.24, 2.45) is 17.6 Å². The number of anilines is 1. The topological polar surface area (TPSA) is 96.2 Å². The Kier molecular flexibility index (Phi) is 8.35. The van der Waals surface area contributed by atoms with Gasteiger partial charge in [-0.2, -0.15) is 0 Å². The summed E-state index contributed by atoms with van der Waals surface area (Å²) >= 11 is 0. The molecule has 1 aromatic carbocycles. The van der Waals surface area contributed by atoms with Crippen LogP contribution in [-0.4, -0.2) is 85.4 Å². The standard InChI is InChI=1S/C28H42N4O4/c1-5-9-30-10-12-31(13-11-30)20-7-8-21(27(29)34)22(15-20)23(14-18(3)4)28(35)32-16-19(6-2)26-25(32)24(33)17-36-26/h7-8,15,18-19,23,25-26H,5-6,9-14,16-17H2,1-4H3,(H2,29,34)/t19-,23+,25-,26-/m1/s1. The van der Waals surface area contributed by atoms with E-state index in [1.807, 2.05) is 12.1 Å². The van der Waals surface area contributed by atoms with E-state index in [9.17, 15) is 14.4 Å². The first-order valence-electron chi connectivity index (χ1n) is 13.6. The number of hydrogen-bond acceptors (Lipinski definition) is 6. The first-order chi connectivity index (χ1) is 17.2. The highest BCUT2D eigenvalue weighted by atomic mass is 16.5. The molecule has 0 aromatic heterocycles. The molecule has 3 heterocycles. The summed E-state index contributed by atoms with van der Waals surface area (Å²) in [7, 11) is 0. The third-order valence-electron chi connectivity index (χ3n) is 8.06. The number of ether oxygens (including phenoxy) is 1. The smallest absolute Gasteiger partial charge is 0.249 e. The van der Waals surface area contributed by atoms with Crippen molar-refractivity contribution in [3.05, 3.63) is 29.3 Å². The molecule has 2 amide bonds. The van der Waals surface area contributed by atoms with Crippen LogP contribution in [0.3, 0.4) is 0 Å². The van der Waals surface area contributed by atoms with Crippen molar-refractivity contribution in [2.45, 2.75) is 65.0 Å². The lowest BCUT2D eigenvalue weighted by Crippen LogP contribution is -2.46. The minimum Gasteiger partial charge on any atom is -0.369 e. The number of amides is 2. The molecule has 3 fully saturated rings. The molecule has 0 spiro atoms. The summed E-state index contributed by atoms with van der Waals surface area (Å²) in [6.45, 7) is 13.9. The predicted molar refractivity (Wildman–Crippen MR) is 140 cm³/mol. The molecule has 4 rings (SSSR count). The second kappa shape index (κ2) is 11.3. The van der Waals surface area contributed by atoms with E-state index in [2.05, 4.69) is 37.5 Å². The number of fused-ring (bicyclic) bond motifs is 1. The van der Waals surface area contributed by atoms with Gasteiger partial charge in [0, 0.05) is 49.9 Å². The Labute approximate surface area is 215 Å². The van der Waals surface area contributed by atoms with E-state index < -0.39 is 17.9 Å². The summed E-state index contributed by atoms with van der Waals surface area (Å²) in [6.07, 6.45) is 2.33. The van der Waals surface area contributed by atoms with Crippen molar-refractivity contribution >= 4 is 23.3 Å². The Morgan fingerprint density at radius 1 is 1.14 bits per heavy atom. The number of rotatable bonds is 9. The van der Waals surface area contributed by atoms with Crippen molar-refractivity contribution in [1.82, 2.24) is 9.80 Å². The summed E-state index contributed by atoms with van der Waals surface area (Å²) < 4.78 is 5.80. The summed E-state index contributed by atoms with van der Waals surface area (Å²) in [6, 6.07) is 5.20. The number of hydrogen-bond donors (Lipinski definition) is 1. The number of benzene rings is 1. The summed E-state index contributed by atoms with van der Waals surface area (Å²) in [4.78, 5) is 45.9. The third kappa shape index (κ3) is 5.30. The highest BCUT2D eigenvalue weighted by molar-refractivity contribution is 5.99. The molecule has 4 atom stereocenters. The zero-order chi connectivity index (χ0) is 26.0. The van der Waals surface area contributed by atoms with Crippen LogP contribution in [0.25, 0.3) is 0 Å². The Hall–Kier alpha value is -2.45. The molecule has 8 heteroatoms. The van der Waals surface area contributed by atoms with Crippen LogP contribution in [0.5, 0.6) is 0 Å². The zero-order valence-corrected chi connectivity index (χ0v) is 22.2. The quantitative estimate of drug-likeness (QED) is 0.562. The Bertz CT molecular complexity index is 972. The molecule has 0 aliphatic carbocycles. The molecule has 3 saturated heterocycles. The molecule has 2 N–H and O–H groups in total. The lowest BCUT2D eigenvalue weighted by molar-refractivity contribution is -0.138. The van der Waals surface area contributed by atoms with E-state index in [-0.39, 0.29) is 36.2 Å². The van der Waals surface area contributed by atoms with Crippen molar-refractivity contribution in [3.8, 4) is 0 Å². The van der Waals surface area contributed by atoms with Crippen molar-refractivity contribution in [3.63, 3.8) is 0 Å². The van der Waals surface area contributed by atoms with Gasteiger partial charge in [0.1, 0.15) is 12.6 Å². The molecule has 36 heavy (non-hydrogen) atoms. The van der Waals surface area contributed by atoms with Crippen LogP contribution in [0.2, 0.25) is 0 Å². The maximum Gasteiger partial charge on any atom is 0.249 e. The highest BCUT2D eigenvalue weighted by Gasteiger charge is 2.52. The molecule has 0 unspecified atom stereocenters. The fourth-order valence-corrected chi connectivity index (χ4v) is 6.18. The first-order valence-corrected chi connectivity index (χ1v) is 13.6. The van der Waals surface area contributed by atoms with E-state index >= 15 is 0 Å². The first kappa shape index (κ1) is 26.6. The molecule has 8 nitrogen and oxygen atoms in total. The molecular formula is C28H42N4O4. The Morgan fingerprint density at radius 2 is 1.86 bits per heavy atom. The van der Waals surface area contributed by atoms with Gasteiger partial charge in [-0.05, 0) is 55.5 Å². The van der Waals surface area contributed by atoms with E-state index in [1.165, 1.54) is 0 Å². The molecule has 0 bridgehead atoms. The van der Waals surface area contributed by atoms with Crippen LogP contribution in [0.4, 0.5) is 5.69 Å². The molecule has 0 saturated carbocycles. The lowest BCUT2D eigenvalue weighted by atomic mass is 9.85. The molecule has 3 aliphatic heterocycles. The van der Waals surface area contributed by atoms with Crippen LogP contribution in [0.15, 0.2) is 18.2 Å². The number of nitrogens with zero attached hydrogens (tertiary/aromatic N) is 3. The normalized spacial score (nSPS) is 25.5. The number of likely N-dealkylation sites (tertiary alicyclic amines) is 1. The summed E-state index contributed by atoms with van der Waals surface area (Å²) in [5, 5.41) is 0. The van der Waals surface area contributed by atoms with E-state index in [4.69, 9.17) is 10.5 Å². The molecule has 3 aliphatic rings. The third-order valence-corrected chi connectivity index (χ3v) is 8.06. The molecule has 0 radical (unpaired) electrons. The maximum atomic E-state index is 14.2. The maximum absolute atomic E-state index is 14.2. The van der Waals surface area contributed by atoms with E-state index in [1.54, 1.807) is 11.0 Å². The van der Waals surface area contributed by atoms with E-state index in [0.29, 0.717) is 24.1 Å². The van der Waals surface area contributed by atoms with Gasteiger partial charge in [0.25, 0.3) is 0 Å². The monoisotopic (exact) mass is 498 g/mol. The van der Waals surface area contributed by atoms with Gasteiger partial charge in [0.15, 0.2) is 5.78 Å². The van der Waals surface area contributed by atoms with Crippen LogP contribution >= 0.6 is 0 Å². The van der Waals surface area contributed by atoms with Gasteiger partial charge < -0.3 is 20.3 Å². The van der Waals surface area contributed by atoms with Gasteiger partial charge in [-0.15, -0.1) is 0 Å². The van der Waals surface area contributed by atoms with Crippen LogP contribution in [0.1, 0.15) is 68.8 Å². The highest BCUT2D eigenvalue weighted by Crippen LogP contribution is 2.38. The minimum absolute atomic E-state index is 0.0265.